The van der Waals surface area contributed by atoms with Gasteiger partial charge in [0.25, 0.3) is 0 Å². The van der Waals surface area contributed by atoms with Crippen LogP contribution in [-0.2, 0) is 4.79 Å². The van der Waals surface area contributed by atoms with E-state index < -0.39 is 0 Å². The number of rotatable bonds is 2. The highest BCUT2D eigenvalue weighted by molar-refractivity contribution is 5.91. The molecular weight excluding hydrogens is 170 g/mol. The van der Waals surface area contributed by atoms with E-state index in [9.17, 15) is 4.79 Å². The molecule has 0 aliphatic carbocycles. The molecule has 0 atom stereocenters. The van der Waals surface area contributed by atoms with Gasteiger partial charge in [-0.3, -0.25) is 10.1 Å². The topological polar surface area (TPSA) is 78.9 Å². The number of carbonyl (C=O) groups is 1. The Bertz CT molecular complexity index is 362. The van der Waals surface area contributed by atoms with Gasteiger partial charge in [-0.1, -0.05) is 5.16 Å². The Balaban J connectivity index is 2.70. The van der Waals surface area contributed by atoms with Gasteiger partial charge in [0.1, 0.15) is 6.42 Å². The van der Waals surface area contributed by atoms with Gasteiger partial charge >= 0.3 is 0 Å². The molecule has 5 heteroatoms. The van der Waals surface area contributed by atoms with E-state index in [1.165, 1.54) is 0 Å². The summed E-state index contributed by atoms with van der Waals surface area (Å²) in [6.07, 6.45) is -0.181. The highest BCUT2D eigenvalue weighted by atomic mass is 16.5. The number of nitrogens with one attached hydrogen (secondary N) is 1. The Morgan fingerprint density at radius 3 is 2.85 bits per heavy atom. The minimum atomic E-state index is -0.387. The Labute approximate surface area is 75.3 Å². The summed E-state index contributed by atoms with van der Waals surface area (Å²) >= 11 is 0. The third kappa shape index (κ3) is 2.06. The molecule has 68 valence electrons. The van der Waals surface area contributed by atoms with Crippen molar-refractivity contribution >= 4 is 11.8 Å². The van der Waals surface area contributed by atoms with Gasteiger partial charge in [0.2, 0.25) is 11.8 Å². The van der Waals surface area contributed by atoms with Crippen LogP contribution in [0, 0.1) is 25.2 Å². The van der Waals surface area contributed by atoms with Crippen LogP contribution in [0.4, 0.5) is 5.88 Å². The van der Waals surface area contributed by atoms with Crippen molar-refractivity contribution in [1.29, 1.82) is 5.26 Å². The first kappa shape index (κ1) is 9.26. The first-order valence-electron chi connectivity index (χ1n) is 3.75. The van der Waals surface area contributed by atoms with Crippen molar-refractivity contribution in [3.05, 3.63) is 11.3 Å². The summed E-state index contributed by atoms with van der Waals surface area (Å²) < 4.78 is 4.82. The first-order valence-corrected chi connectivity index (χ1v) is 3.75. The molecule has 0 saturated heterocycles. The highest BCUT2D eigenvalue weighted by Crippen LogP contribution is 2.17. The Morgan fingerprint density at radius 1 is 1.69 bits per heavy atom. The minimum absolute atomic E-state index is 0.181. The molecule has 1 heterocycles. The van der Waals surface area contributed by atoms with E-state index in [0.717, 1.165) is 11.3 Å². The maximum absolute atomic E-state index is 11.0. The predicted molar refractivity (Wildman–Crippen MR) is 44.8 cm³/mol. The molecule has 1 N–H and O–H groups in total. The van der Waals surface area contributed by atoms with Crippen LogP contribution >= 0.6 is 0 Å². The molecule has 5 nitrogen and oxygen atoms in total. The van der Waals surface area contributed by atoms with Crippen molar-refractivity contribution in [1.82, 2.24) is 5.16 Å². The third-order valence-corrected chi connectivity index (χ3v) is 1.65. The van der Waals surface area contributed by atoms with Gasteiger partial charge in [-0.05, 0) is 13.8 Å². The second kappa shape index (κ2) is 3.72. The van der Waals surface area contributed by atoms with Gasteiger partial charge < -0.3 is 4.52 Å². The third-order valence-electron chi connectivity index (χ3n) is 1.65. The maximum atomic E-state index is 11.0. The molecule has 0 saturated carbocycles. The van der Waals surface area contributed by atoms with E-state index in [4.69, 9.17) is 9.78 Å². The molecule has 0 radical (unpaired) electrons. The minimum Gasteiger partial charge on any atom is -0.338 e. The van der Waals surface area contributed by atoms with E-state index in [0.29, 0.717) is 5.88 Å². The van der Waals surface area contributed by atoms with E-state index in [1.807, 2.05) is 0 Å². The lowest BCUT2D eigenvalue weighted by Crippen LogP contribution is -2.10. The Kier molecular flexibility index (Phi) is 2.65. The molecule has 0 bridgehead atoms. The van der Waals surface area contributed by atoms with Crippen molar-refractivity contribution < 1.29 is 9.32 Å². The normalized spacial score (nSPS) is 9.31. The van der Waals surface area contributed by atoms with Crippen molar-refractivity contribution in [2.45, 2.75) is 20.3 Å². The van der Waals surface area contributed by atoms with E-state index in [1.54, 1.807) is 19.9 Å². The van der Waals surface area contributed by atoms with Crippen LogP contribution in [0.15, 0.2) is 4.52 Å². The number of amides is 1. The van der Waals surface area contributed by atoms with Crippen molar-refractivity contribution in [3.8, 4) is 6.07 Å². The van der Waals surface area contributed by atoms with Crippen LogP contribution in [0.5, 0.6) is 0 Å². The molecule has 1 aromatic rings. The fraction of sp³-hybridized carbons (Fsp3) is 0.375. The number of carbonyl (C=O) groups excluding carboxylic acids is 1. The number of nitrogens with zero attached hydrogens (tertiary/aromatic N) is 2. The number of nitriles is 1. The molecule has 1 aromatic heterocycles. The van der Waals surface area contributed by atoms with E-state index in [2.05, 4.69) is 10.5 Å². The second-order valence-electron chi connectivity index (χ2n) is 2.61. The van der Waals surface area contributed by atoms with Crippen LogP contribution in [0.25, 0.3) is 0 Å². The smallest absolute Gasteiger partial charge is 0.240 e. The molecule has 0 aliphatic rings. The second-order valence-corrected chi connectivity index (χ2v) is 2.61. The zero-order valence-corrected chi connectivity index (χ0v) is 7.42. The Hall–Kier alpha value is -1.83. The summed E-state index contributed by atoms with van der Waals surface area (Å²) in [6, 6.07) is 1.74. The number of aromatic nitrogens is 1. The summed E-state index contributed by atoms with van der Waals surface area (Å²) in [5.41, 5.74) is 1.51. The molecule has 0 aliphatic heterocycles. The molecule has 0 aromatic carbocycles. The van der Waals surface area contributed by atoms with Gasteiger partial charge in [0, 0.05) is 5.56 Å². The monoisotopic (exact) mass is 179 g/mol. The average Bonchev–Trinajstić information content (AvgIpc) is 2.37. The molecule has 13 heavy (non-hydrogen) atoms. The zero-order chi connectivity index (χ0) is 9.84. The highest BCUT2D eigenvalue weighted by Gasteiger charge is 2.10. The first-order chi connectivity index (χ1) is 6.15. The van der Waals surface area contributed by atoms with E-state index in [-0.39, 0.29) is 12.3 Å². The van der Waals surface area contributed by atoms with Crippen LogP contribution in [0.1, 0.15) is 17.7 Å². The Morgan fingerprint density at radius 2 is 2.38 bits per heavy atom. The number of hydrogen-bond donors (Lipinski definition) is 1. The van der Waals surface area contributed by atoms with Gasteiger partial charge in [-0.15, -0.1) is 0 Å². The zero-order valence-electron chi connectivity index (χ0n) is 7.42. The lowest BCUT2D eigenvalue weighted by atomic mass is 10.3. The number of anilines is 1. The van der Waals surface area contributed by atoms with Crippen molar-refractivity contribution in [2.75, 3.05) is 5.32 Å². The maximum Gasteiger partial charge on any atom is 0.240 e. The van der Waals surface area contributed by atoms with Crippen molar-refractivity contribution in [3.63, 3.8) is 0 Å². The van der Waals surface area contributed by atoms with Gasteiger partial charge in [0.15, 0.2) is 0 Å². The summed E-state index contributed by atoms with van der Waals surface area (Å²) in [6.45, 7) is 3.56. The summed E-state index contributed by atoms with van der Waals surface area (Å²) in [7, 11) is 0. The summed E-state index contributed by atoms with van der Waals surface area (Å²) in [4.78, 5) is 11.0. The summed E-state index contributed by atoms with van der Waals surface area (Å²) in [5, 5.41) is 14.3. The van der Waals surface area contributed by atoms with Crippen LogP contribution in [0.3, 0.4) is 0 Å². The molecule has 1 rings (SSSR count). The fourth-order valence-corrected chi connectivity index (χ4v) is 0.775. The lowest BCUT2D eigenvalue weighted by molar-refractivity contribution is -0.115. The quantitative estimate of drug-likeness (QED) is 0.738. The van der Waals surface area contributed by atoms with Crippen LogP contribution in [-0.4, -0.2) is 11.1 Å². The average molecular weight is 179 g/mol. The standard InChI is InChI=1S/C8H9N3O2/c1-5-6(2)11-13-8(5)10-7(12)3-4-9/h3H2,1-2H3,(H,10,12). The van der Waals surface area contributed by atoms with E-state index >= 15 is 0 Å². The van der Waals surface area contributed by atoms with Crippen LogP contribution < -0.4 is 5.32 Å². The predicted octanol–water partition coefficient (Wildman–Crippen LogP) is 1.14. The molecule has 0 fully saturated rings. The molecular formula is C8H9N3O2. The van der Waals surface area contributed by atoms with Crippen molar-refractivity contribution in [2.24, 2.45) is 0 Å². The molecule has 0 spiro atoms. The largest absolute Gasteiger partial charge is 0.338 e. The number of aryl methyl sites for hydroxylation is 1. The van der Waals surface area contributed by atoms with Gasteiger partial charge in [-0.25, -0.2) is 0 Å². The van der Waals surface area contributed by atoms with Gasteiger partial charge in [0.05, 0.1) is 11.8 Å². The molecule has 1 amide bonds. The molecule has 0 unspecified atom stereocenters. The summed E-state index contributed by atoms with van der Waals surface area (Å²) in [5.74, 6) is -0.0699. The lowest BCUT2D eigenvalue weighted by Gasteiger charge is -1.96. The SMILES string of the molecule is Cc1noc(NC(=O)CC#N)c1C. The van der Waals surface area contributed by atoms with Crippen LogP contribution in [0.2, 0.25) is 0 Å². The number of hydrogen-bond acceptors (Lipinski definition) is 4. The fourth-order valence-electron chi connectivity index (χ4n) is 0.775. The van der Waals surface area contributed by atoms with Gasteiger partial charge in [-0.2, -0.15) is 5.26 Å².